The lowest BCUT2D eigenvalue weighted by molar-refractivity contribution is -0.139. The van der Waals surface area contributed by atoms with Gasteiger partial charge < -0.3 is 15.1 Å². The summed E-state index contributed by atoms with van der Waals surface area (Å²) in [7, 11) is 0. The third-order valence-electron chi connectivity index (χ3n) is 6.80. The average molecular weight is 424 g/mol. The predicted octanol–water partition coefficient (Wildman–Crippen LogP) is 2.69. The lowest BCUT2D eigenvalue weighted by Gasteiger charge is -2.38. The molecule has 1 aliphatic carbocycles. The first-order valence-electron chi connectivity index (χ1n) is 12.0. The van der Waals surface area contributed by atoms with Gasteiger partial charge in [-0.05, 0) is 37.3 Å². The largest absolute Gasteiger partial charge is 0.357 e. The smallest absolute Gasteiger partial charge is 0.225 e. The van der Waals surface area contributed by atoms with Crippen LogP contribution in [-0.4, -0.2) is 85.5 Å². The number of rotatable bonds is 6. The zero-order valence-electron chi connectivity index (χ0n) is 18.9. The monoisotopic (exact) mass is 423 g/mol. The number of carbonyl (C=O) groups excluding carboxylic acids is 1. The van der Waals surface area contributed by atoms with E-state index in [1.54, 1.807) is 0 Å². The van der Waals surface area contributed by atoms with Crippen molar-refractivity contribution in [2.45, 2.75) is 32.6 Å². The first-order valence-corrected chi connectivity index (χ1v) is 12.0. The summed E-state index contributed by atoms with van der Waals surface area (Å²) in [5.74, 6) is 1.73. The van der Waals surface area contributed by atoms with Crippen molar-refractivity contribution in [1.82, 2.24) is 20.0 Å². The fourth-order valence-corrected chi connectivity index (χ4v) is 4.60. The molecule has 2 fully saturated rings. The summed E-state index contributed by atoms with van der Waals surface area (Å²) in [6.45, 7) is 10.3. The maximum absolute atomic E-state index is 12.4. The van der Waals surface area contributed by atoms with Crippen LogP contribution in [0.15, 0.2) is 41.4 Å². The van der Waals surface area contributed by atoms with Crippen molar-refractivity contribution in [2.24, 2.45) is 10.9 Å². The Labute approximate surface area is 187 Å². The Morgan fingerprint density at radius 3 is 2.45 bits per heavy atom. The van der Waals surface area contributed by atoms with Crippen LogP contribution in [0.4, 0.5) is 0 Å². The summed E-state index contributed by atoms with van der Waals surface area (Å²) < 4.78 is 0. The van der Waals surface area contributed by atoms with E-state index in [1.807, 2.05) is 0 Å². The average Bonchev–Trinajstić information content (AvgIpc) is 2.78. The van der Waals surface area contributed by atoms with Gasteiger partial charge in [0.2, 0.25) is 5.91 Å². The number of benzene rings is 1. The molecule has 1 saturated heterocycles. The molecule has 3 aliphatic rings. The lowest BCUT2D eigenvalue weighted by Crippen LogP contribution is -2.51. The van der Waals surface area contributed by atoms with Gasteiger partial charge in [-0.2, -0.15) is 0 Å². The number of carbonyl (C=O) groups is 1. The van der Waals surface area contributed by atoms with Crippen LogP contribution in [0.3, 0.4) is 0 Å². The molecule has 2 aliphatic heterocycles. The van der Waals surface area contributed by atoms with E-state index in [-0.39, 0.29) is 0 Å². The SMILES string of the molecule is CCNC(=NCCN1CCN(C(=O)C2CCC2)CC1)N1CC=C(c2ccccc2)CC1. The van der Waals surface area contributed by atoms with Crippen LogP contribution in [0.1, 0.15) is 38.2 Å². The van der Waals surface area contributed by atoms with E-state index in [0.717, 1.165) is 84.1 Å². The molecule has 1 aromatic carbocycles. The molecule has 0 spiro atoms. The number of nitrogens with one attached hydrogen (secondary N) is 1. The van der Waals surface area contributed by atoms with Crippen LogP contribution in [0.5, 0.6) is 0 Å². The summed E-state index contributed by atoms with van der Waals surface area (Å²) in [4.78, 5) is 24.2. The first kappa shape index (κ1) is 21.9. The van der Waals surface area contributed by atoms with Crippen LogP contribution < -0.4 is 5.32 Å². The third kappa shape index (κ3) is 5.67. The normalized spacial score (nSPS) is 20.9. The number of piperazine rings is 1. The highest BCUT2D eigenvalue weighted by Crippen LogP contribution is 2.28. The summed E-state index contributed by atoms with van der Waals surface area (Å²) in [6, 6.07) is 10.7. The van der Waals surface area contributed by atoms with Crippen molar-refractivity contribution >= 4 is 17.4 Å². The van der Waals surface area contributed by atoms with Gasteiger partial charge >= 0.3 is 0 Å². The van der Waals surface area contributed by atoms with E-state index in [0.29, 0.717) is 11.8 Å². The fourth-order valence-electron chi connectivity index (χ4n) is 4.60. The molecule has 0 unspecified atom stereocenters. The topological polar surface area (TPSA) is 51.2 Å². The number of amides is 1. The Kier molecular flexibility index (Phi) is 7.62. The van der Waals surface area contributed by atoms with Gasteiger partial charge in [0.1, 0.15) is 0 Å². The molecule has 0 atom stereocenters. The third-order valence-corrected chi connectivity index (χ3v) is 6.80. The van der Waals surface area contributed by atoms with Gasteiger partial charge in [-0.1, -0.05) is 42.8 Å². The first-order chi connectivity index (χ1) is 15.2. The van der Waals surface area contributed by atoms with Crippen LogP contribution in [-0.2, 0) is 4.79 Å². The number of hydrogen-bond acceptors (Lipinski definition) is 3. The van der Waals surface area contributed by atoms with Gasteiger partial charge in [0.15, 0.2) is 5.96 Å². The highest BCUT2D eigenvalue weighted by Gasteiger charge is 2.31. The van der Waals surface area contributed by atoms with E-state index < -0.39 is 0 Å². The minimum Gasteiger partial charge on any atom is -0.357 e. The molecule has 6 nitrogen and oxygen atoms in total. The van der Waals surface area contributed by atoms with Gasteiger partial charge in [0, 0.05) is 58.3 Å². The molecule has 0 radical (unpaired) electrons. The van der Waals surface area contributed by atoms with E-state index >= 15 is 0 Å². The Bertz CT molecular complexity index is 778. The van der Waals surface area contributed by atoms with E-state index in [4.69, 9.17) is 4.99 Å². The summed E-state index contributed by atoms with van der Waals surface area (Å²) in [6.07, 6.45) is 6.80. The van der Waals surface area contributed by atoms with E-state index in [2.05, 4.69) is 63.3 Å². The highest BCUT2D eigenvalue weighted by atomic mass is 16.2. The fraction of sp³-hybridized carbons (Fsp3) is 0.600. The minimum absolute atomic E-state index is 0.319. The van der Waals surface area contributed by atoms with Gasteiger partial charge in [0.25, 0.3) is 0 Å². The second kappa shape index (κ2) is 10.8. The molecular weight excluding hydrogens is 386 g/mol. The molecular formula is C25H37N5O. The quantitative estimate of drug-likeness (QED) is 0.565. The molecule has 168 valence electrons. The Morgan fingerprint density at radius 2 is 1.84 bits per heavy atom. The molecule has 2 heterocycles. The molecule has 1 saturated carbocycles. The molecule has 0 bridgehead atoms. The van der Waals surface area contributed by atoms with Gasteiger partial charge in [-0.15, -0.1) is 0 Å². The highest BCUT2D eigenvalue weighted by molar-refractivity contribution is 5.81. The molecule has 0 aromatic heterocycles. The maximum Gasteiger partial charge on any atom is 0.225 e. The molecule has 6 heteroatoms. The zero-order valence-corrected chi connectivity index (χ0v) is 18.9. The van der Waals surface area contributed by atoms with E-state index in [1.165, 1.54) is 17.6 Å². The van der Waals surface area contributed by atoms with Crippen molar-refractivity contribution in [3.8, 4) is 0 Å². The summed E-state index contributed by atoms with van der Waals surface area (Å²) in [5.41, 5.74) is 2.76. The molecule has 31 heavy (non-hydrogen) atoms. The van der Waals surface area contributed by atoms with Crippen molar-refractivity contribution in [3.05, 3.63) is 42.0 Å². The molecule has 1 amide bonds. The second-order valence-corrected chi connectivity index (χ2v) is 8.82. The summed E-state index contributed by atoms with van der Waals surface area (Å²) >= 11 is 0. The van der Waals surface area contributed by atoms with E-state index in [9.17, 15) is 4.79 Å². The van der Waals surface area contributed by atoms with Crippen molar-refractivity contribution in [1.29, 1.82) is 0 Å². The van der Waals surface area contributed by atoms with Crippen LogP contribution in [0.2, 0.25) is 0 Å². The molecule has 4 rings (SSSR count). The molecule has 1 aromatic rings. The van der Waals surface area contributed by atoms with Crippen molar-refractivity contribution in [2.75, 3.05) is 58.9 Å². The number of guanidine groups is 1. The predicted molar refractivity (Wildman–Crippen MR) is 127 cm³/mol. The van der Waals surface area contributed by atoms with Crippen LogP contribution in [0.25, 0.3) is 5.57 Å². The Morgan fingerprint density at radius 1 is 1.06 bits per heavy atom. The van der Waals surface area contributed by atoms with Gasteiger partial charge in [0.05, 0.1) is 6.54 Å². The lowest BCUT2D eigenvalue weighted by atomic mass is 9.84. The van der Waals surface area contributed by atoms with Gasteiger partial charge in [-0.25, -0.2) is 0 Å². The molecule has 1 N–H and O–H groups in total. The standard InChI is InChI=1S/C25H37N5O/c1-2-26-25(30-14-11-22(12-15-30)21-7-4-3-5-8-21)27-13-16-28-17-19-29(20-18-28)24(31)23-9-6-10-23/h3-5,7-8,11,23H,2,6,9-10,12-20H2,1H3,(H,26,27). The zero-order chi connectivity index (χ0) is 21.5. The minimum atomic E-state index is 0.319. The van der Waals surface area contributed by atoms with Crippen molar-refractivity contribution in [3.63, 3.8) is 0 Å². The maximum atomic E-state index is 12.4. The van der Waals surface area contributed by atoms with Crippen molar-refractivity contribution < 1.29 is 4.79 Å². The number of hydrogen-bond donors (Lipinski definition) is 1. The van der Waals surface area contributed by atoms with Crippen LogP contribution in [0, 0.1) is 5.92 Å². The Hall–Kier alpha value is -2.34. The summed E-state index contributed by atoms with van der Waals surface area (Å²) in [5, 5.41) is 3.47. The number of aliphatic imine (C=N–C) groups is 1. The second-order valence-electron chi connectivity index (χ2n) is 8.82. The number of nitrogens with zero attached hydrogens (tertiary/aromatic N) is 4. The van der Waals surface area contributed by atoms with Gasteiger partial charge in [-0.3, -0.25) is 14.7 Å². The van der Waals surface area contributed by atoms with Crippen LogP contribution >= 0.6 is 0 Å². The Balaban J connectivity index is 1.24.